The second kappa shape index (κ2) is 8.46. The third kappa shape index (κ3) is 5.25. The molecule has 6 heteroatoms. The van der Waals surface area contributed by atoms with Crippen molar-refractivity contribution in [3.8, 4) is 0 Å². The topological polar surface area (TPSA) is 32.3 Å². The van der Waals surface area contributed by atoms with Crippen molar-refractivity contribution in [2.24, 2.45) is 0 Å². The first-order valence-electron chi connectivity index (χ1n) is 9.22. The number of nitrogens with one attached hydrogen (secondary N) is 1. The number of benzene rings is 2. The van der Waals surface area contributed by atoms with Crippen LogP contribution < -0.4 is 5.32 Å². The van der Waals surface area contributed by atoms with Crippen LogP contribution in [0.3, 0.4) is 0 Å². The summed E-state index contributed by atoms with van der Waals surface area (Å²) >= 11 is 0. The van der Waals surface area contributed by atoms with Crippen LogP contribution in [0.2, 0.25) is 0 Å². The van der Waals surface area contributed by atoms with Gasteiger partial charge < -0.3 is 10.2 Å². The van der Waals surface area contributed by atoms with Crippen molar-refractivity contribution >= 4 is 11.7 Å². The SMILES string of the molecule is O=C(Nc1ccc(C(F)(F)F)cc1)N(Cc1ccccc1)C1CCCCC1. The van der Waals surface area contributed by atoms with Gasteiger partial charge in [-0.25, -0.2) is 4.79 Å². The van der Waals surface area contributed by atoms with Gasteiger partial charge in [0.05, 0.1) is 5.56 Å². The fourth-order valence-electron chi connectivity index (χ4n) is 3.48. The lowest BCUT2D eigenvalue weighted by molar-refractivity contribution is -0.137. The summed E-state index contributed by atoms with van der Waals surface area (Å²) in [5.74, 6) is 0. The zero-order valence-electron chi connectivity index (χ0n) is 15.0. The summed E-state index contributed by atoms with van der Waals surface area (Å²) in [7, 11) is 0. The summed E-state index contributed by atoms with van der Waals surface area (Å²) in [4.78, 5) is 14.7. The number of rotatable bonds is 4. The Labute approximate surface area is 157 Å². The molecule has 1 fully saturated rings. The lowest BCUT2D eigenvalue weighted by Gasteiger charge is -2.34. The number of carbonyl (C=O) groups is 1. The molecule has 0 unspecified atom stereocenters. The van der Waals surface area contributed by atoms with E-state index in [1.54, 1.807) is 0 Å². The molecular weight excluding hydrogens is 353 g/mol. The molecule has 0 heterocycles. The minimum Gasteiger partial charge on any atom is -0.317 e. The van der Waals surface area contributed by atoms with E-state index in [1.807, 2.05) is 35.2 Å². The summed E-state index contributed by atoms with van der Waals surface area (Å²) in [6.45, 7) is 0.484. The maximum absolute atomic E-state index is 12.9. The summed E-state index contributed by atoms with van der Waals surface area (Å²) in [5.41, 5.74) is 0.668. The largest absolute Gasteiger partial charge is 0.416 e. The lowest BCUT2D eigenvalue weighted by Crippen LogP contribution is -2.43. The fraction of sp³-hybridized carbons (Fsp3) is 0.381. The number of anilines is 1. The van der Waals surface area contributed by atoms with Crippen molar-refractivity contribution in [2.45, 2.75) is 50.9 Å². The second-order valence-corrected chi connectivity index (χ2v) is 6.91. The first-order valence-corrected chi connectivity index (χ1v) is 9.22. The summed E-state index contributed by atoms with van der Waals surface area (Å²) in [6.07, 6.45) is 0.869. The Bertz CT molecular complexity index is 738. The summed E-state index contributed by atoms with van der Waals surface area (Å²) in [6, 6.07) is 14.2. The number of amides is 2. The predicted octanol–water partition coefficient (Wildman–Crippen LogP) is 6.07. The molecule has 2 amide bonds. The highest BCUT2D eigenvalue weighted by Crippen LogP contribution is 2.30. The molecule has 1 aliphatic rings. The van der Waals surface area contributed by atoms with Crippen LogP contribution in [0.1, 0.15) is 43.2 Å². The number of halogens is 3. The average Bonchev–Trinajstić information content (AvgIpc) is 2.67. The molecule has 1 N–H and O–H groups in total. The highest BCUT2D eigenvalue weighted by Gasteiger charge is 2.30. The van der Waals surface area contributed by atoms with Gasteiger partial charge in [0.1, 0.15) is 0 Å². The molecule has 2 aromatic rings. The Hall–Kier alpha value is -2.50. The summed E-state index contributed by atoms with van der Waals surface area (Å²) in [5, 5.41) is 2.76. The van der Waals surface area contributed by atoms with E-state index >= 15 is 0 Å². The van der Waals surface area contributed by atoms with Crippen LogP contribution in [0.5, 0.6) is 0 Å². The third-order valence-corrected chi connectivity index (χ3v) is 4.94. The third-order valence-electron chi connectivity index (χ3n) is 4.94. The molecule has 0 saturated heterocycles. The minimum absolute atomic E-state index is 0.147. The number of alkyl halides is 3. The van der Waals surface area contributed by atoms with E-state index in [0.29, 0.717) is 12.2 Å². The van der Waals surface area contributed by atoms with E-state index in [0.717, 1.165) is 43.4 Å². The number of carbonyl (C=O) groups excluding carboxylic acids is 1. The fourth-order valence-corrected chi connectivity index (χ4v) is 3.48. The van der Waals surface area contributed by atoms with E-state index in [9.17, 15) is 18.0 Å². The Morgan fingerprint density at radius 1 is 0.963 bits per heavy atom. The van der Waals surface area contributed by atoms with E-state index in [1.165, 1.54) is 18.6 Å². The Balaban J connectivity index is 1.73. The maximum atomic E-state index is 12.9. The average molecular weight is 376 g/mol. The van der Waals surface area contributed by atoms with Crippen LogP contribution >= 0.6 is 0 Å². The van der Waals surface area contributed by atoms with Gasteiger partial charge in [0.15, 0.2) is 0 Å². The van der Waals surface area contributed by atoms with E-state index in [2.05, 4.69) is 5.32 Å². The Morgan fingerprint density at radius 2 is 1.59 bits per heavy atom. The monoisotopic (exact) mass is 376 g/mol. The molecule has 0 aliphatic heterocycles. The minimum atomic E-state index is -4.38. The molecule has 2 aromatic carbocycles. The van der Waals surface area contributed by atoms with Gasteiger partial charge >= 0.3 is 12.2 Å². The van der Waals surface area contributed by atoms with Crippen molar-refractivity contribution in [3.05, 3.63) is 65.7 Å². The first kappa shape index (κ1) is 19.3. The molecule has 144 valence electrons. The smallest absolute Gasteiger partial charge is 0.317 e. The van der Waals surface area contributed by atoms with E-state index in [4.69, 9.17) is 0 Å². The zero-order valence-corrected chi connectivity index (χ0v) is 15.0. The molecule has 0 aromatic heterocycles. The van der Waals surface area contributed by atoms with Crippen molar-refractivity contribution in [2.75, 3.05) is 5.32 Å². The molecule has 0 atom stereocenters. The van der Waals surface area contributed by atoms with Gasteiger partial charge in [-0.1, -0.05) is 49.6 Å². The Morgan fingerprint density at radius 3 is 2.19 bits per heavy atom. The highest BCUT2D eigenvalue weighted by atomic mass is 19.4. The van der Waals surface area contributed by atoms with Crippen LogP contribution in [-0.2, 0) is 12.7 Å². The van der Waals surface area contributed by atoms with Crippen molar-refractivity contribution in [3.63, 3.8) is 0 Å². The molecule has 3 nitrogen and oxygen atoms in total. The number of hydrogen-bond acceptors (Lipinski definition) is 1. The molecule has 0 radical (unpaired) electrons. The molecule has 1 aliphatic carbocycles. The van der Waals surface area contributed by atoms with Gasteiger partial charge in [0.25, 0.3) is 0 Å². The van der Waals surface area contributed by atoms with Gasteiger partial charge in [0, 0.05) is 18.3 Å². The van der Waals surface area contributed by atoms with Crippen LogP contribution in [0.25, 0.3) is 0 Å². The van der Waals surface area contributed by atoms with E-state index in [-0.39, 0.29) is 12.1 Å². The number of hydrogen-bond donors (Lipinski definition) is 1. The molecule has 27 heavy (non-hydrogen) atoms. The zero-order chi connectivity index (χ0) is 19.3. The highest BCUT2D eigenvalue weighted by molar-refractivity contribution is 5.89. The van der Waals surface area contributed by atoms with Gasteiger partial charge in [-0.2, -0.15) is 13.2 Å². The quantitative estimate of drug-likeness (QED) is 0.690. The normalized spacial score (nSPS) is 15.4. The van der Waals surface area contributed by atoms with Crippen LogP contribution in [0.4, 0.5) is 23.7 Å². The summed E-state index contributed by atoms with van der Waals surface area (Å²) < 4.78 is 38.1. The Kier molecular flexibility index (Phi) is 6.04. The van der Waals surface area contributed by atoms with Gasteiger partial charge in [-0.15, -0.1) is 0 Å². The standard InChI is InChI=1S/C21H23F3N2O/c22-21(23,24)17-11-13-18(14-12-17)25-20(27)26(19-9-5-2-6-10-19)15-16-7-3-1-4-8-16/h1,3-4,7-8,11-14,19H,2,5-6,9-10,15H2,(H,25,27). The molecular formula is C21H23F3N2O. The maximum Gasteiger partial charge on any atom is 0.416 e. The first-order chi connectivity index (χ1) is 12.9. The van der Waals surface area contributed by atoms with Crippen LogP contribution in [0.15, 0.2) is 54.6 Å². The number of nitrogens with zero attached hydrogens (tertiary/aromatic N) is 1. The predicted molar refractivity (Wildman–Crippen MR) is 99.3 cm³/mol. The van der Waals surface area contributed by atoms with Crippen molar-refractivity contribution in [1.82, 2.24) is 4.90 Å². The lowest BCUT2D eigenvalue weighted by atomic mass is 9.94. The van der Waals surface area contributed by atoms with Gasteiger partial charge in [0.2, 0.25) is 0 Å². The molecule has 0 bridgehead atoms. The van der Waals surface area contributed by atoms with Gasteiger partial charge in [-0.3, -0.25) is 0 Å². The molecule has 1 saturated carbocycles. The molecule has 0 spiro atoms. The van der Waals surface area contributed by atoms with Crippen molar-refractivity contribution in [1.29, 1.82) is 0 Å². The second-order valence-electron chi connectivity index (χ2n) is 6.91. The van der Waals surface area contributed by atoms with Gasteiger partial charge in [-0.05, 0) is 42.7 Å². The van der Waals surface area contributed by atoms with Crippen molar-refractivity contribution < 1.29 is 18.0 Å². The van der Waals surface area contributed by atoms with Crippen LogP contribution in [-0.4, -0.2) is 17.0 Å². The van der Waals surface area contributed by atoms with Crippen LogP contribution in [0, 0.1) is 0 Å². The number of urea groups is 1. The molecule has 3 rings (SSSR count). The van der Waals surface area contributed by atoms with E-state index < -0.39 is 11.7 Å².